The number of rotatable bonds is 3. The minimum atomic E-state index is 0.0187. The molecule has 0 unspecified atom stereocenters. The normalized spacial score (nSPS) is 13.5. The molecular weight excluding hydrogens is 184 g/mol. The molecule has 0 saturated heterocycles. The summed E-state index contributed by atoms with van der Waals surface area (Å²) in [5.74, 6) is 0.0187. The average Bonchev–Trinajstić information content (AvgIpc) is 2.80. The highest BCUT2D eigenvalue weighted by Crippen LogP contribution is 2.06. The monoisotopic (exact) mass is 194 g/mol. The summed E-state index contributed by atoms with van der Waals surface area (Å²) < 4.78 is 0. The van der Waals surface area contributed by atoms with Gasteiger partial charge in [0.25, 0.3) is 0 Å². The molecule has 1 aliphatic rings. The van der Waals surface area contributed by atoms with Crippen molar-refractivity contribution in [3.05, 3.63) is 77.6 Å². The lowest BCUT2D eigenvalue weighted by atomic mass is 10.1. The van der Waals surface area contributed by atoms with Crippen LogP contribution in [0.3, 0.4) is 0 Å². The number of hydrogen-bond donors (Lipinski definition) is 0. The van der Waals surface area contributed by atoms with E-state index in [1.165, 1.54) is 0 Å². The Bertz CT molecular complexity index is 483. The molecule has 0 aliphatic heterocycles. The molecule has 0 bridgehead atoms. The van der Waals surface area contributed by atoms with E-state index in [4.69, 9.17) is 0 Å². The summed E-state index contributed by atoms with van der Waals surface area (Å²) >= 11 is 0. The average molecular weight is 194 g/mol. The van der Waals surface area contributed by atoms with Crippen LogP contribution in [0, 0.1) is 0 Å². The molecule has 1 aromatic carbocycles. The van der Waals surface area contributed by atoms with E-state index in [0.29, 0.717) is 5.56 Å². The molecule has 0 N–H and O–H groups in total. The van der Waals surface area contributed by atoms with Gasteiger partial charge < -0.3 is 0 Å². The largest absolute Gasteiger partial charge is 0.289 e. The Morgan fingerprint density at radius 3 is 2.67 bits per heavy atom. The fraction of sp³-hybridized carbons (Fsp3) is 0. The maximum absolute atomic E-state index is 11.6. The first-order chi connectivity index (χ1) is 7.36. The maximum atomic E-state index is 11.6. The smallest absolute Gasteiger partial charge is 0.185 e. The van der Waals surface area contributed by atoms with Gasteiger partial charge in [-0.05, 0) is 24.3 Å². The van der Waals surface area contributed by atoms with E-state index in [1.54, 1.807) is 24.3 Å². The third-order valence-corrected chi connectivity index (χ3v) is 2.09. The maximum Gasteiger partial charge on any atom is 0.185 e. The molecule has 0 fully saturated rings. The first-order valence-corrected chi connectivity index (χ1v) is 4.77. The number of ketones is 1. The van der Waals surface area contributed by atoms with Crippen molar-refractivity contribution >= 4 is 5.78 Å². The SMILES string of the molecule is O=C(/C=C/C1=C=CC=C1)c1ccccc1. The molecule has 1 heteroatoms. The van der Waals surface area contributed by atoms with Gasteiger partial charge in [0.1, 0.15) is 0 Å². The number of benzene rings is 1. The molecule has 1 aliphatic carbocycles. The second kappa shape index (κ2) is 4.41. The molecule has 72 valence electrons. The van der Waals surface area contributed by atoms with Crippen LogP contribution < -0.4 is 0 Å². The zero-order valence-corrected chi connectivity index (χ0v) is 8.18. The van der Waals surface area contributed by atoms with Crippen molar-refractivity contribution in [1.82, 2.24) is 0 Å². The number of allylic oxidation sites excluding steroid dienone is 5. The lowest BCUT2D eigenvalue weighted by Crippen LogP contribution is -1.92. The molecule has 0 aromatic heterocycles. The summed E-state index contributed by atoms with van der Waals surface area (Å²) in [5, 5.41) is 0. The Morgan fingerprint density at radius 1 is 1.20 bits per heavy atom. The third kappa shape index (κ3) is 2.43. The molecule has 15 heavy (non-hydrogen) atoms. The van der Waals surface area contributed by atoms with Crippen molar-refractivity contribution in [3.8, 4) is 0 Å². The minimum absolute atomic E-state index is 0.0187. The van der Waals surface area contributed by atoms with Gasteiger partial charge in [0, 0.05) is 11.1 Å². The lowest BCUT2D eigenvalue weighted by molar-refractivity contribution is 0.104. The van der Waals surface area contributed by atoms with Crippen molar-refractivity contribution < 1.29 is 4.79 Å². The van der Waals surface area contributed by atoms with E-state index >= 15 is 0 Å². The van der Waals surface area contributed by atoms with E-state index in [2.05, 4.69) is 5.73 Å². The third-order valence-electron chi connectivity index (χ3n) is 2.09. The van der Waals surface area contributed by atoms with Gasteiger partial charge in [0.2, 0.25) is 0 Å². The minimum Gasteiger partial charge on any atom is -0.289 e. The highest BCUT2D eigenvalue weighted by Gasteiger charge is 1.99. The first-order valence-electron chi connectivity index (χ1n) is 4.77. The Balaban J connectivity index is 2.11. The van der Waals surface area contributed by atoms with Crippen molar-refractivity contribution in [2.24, 2.45) is 0 Å². The molecule has 1 aromatic rings. The van der Waals surface area contributed by atoms with Crippen LogP contribution in [0.4, 0.5) is 0 Å². The van der Waals surface area contributed by atoms with E-state index in [-0.39, 0.29) is 5.78 Å². The predicted molar refractivity (Wildman–Crippen MR) is 60.6 cm³/mol. The van der Waals surface area contributed by atoms with Crippen molar-refractivity contribution in [2.45, 2.75) is 0 Å². The summed E-state index contributed by atoms with van der Waals surface area (Å²) in [7, 11) is 0. The molecule has 0 amide bonds. The molecule has 0 heterocycles. The van der Waals surface area contributed by atoms with Gasteiger partial charge in [0.05, 0.1) is 0 Å². The summed E-state index contributed by atoms with van der Waals surface area (Å²) in [6, 6.07) is 9.22. The molecule has 0 radical (unpaired) electrons. The van der Waals surface area contributed by atoms with E-state index in [0.717, 1.165) is 5.57 Å². The van der Waals surface area contributed by atoms with Gasteiger partial charge in [-0.1, -0.05) is 36.4 Å². The van der Waals surface area contributed by atoms with Crippen LogP contribution in [-0.4, -0.2) is 5.78 Å². The summed E-state index contributed by atoms with van der Waals surface area (Å²) in [4.78, 5) is 11.6. The Kier molecular flexibility index (Phi) is 2.77. The number of hydrogen-bond acceptors (Lipinski definition) is 1. The van der Waals surface area contributed by atoms with E-state index in [9.17, 15) is 4.79 Å². The van der Waals surface area contributed by atoms with Crippen LogP contribution in [0.1, 0.15) is 10.4 Å². The Morgan fingerprint density at radius 2 is 2.00 bits per heavy atom. The standard InChI is InChI=1S/C14H10O/c15-14(13-8-2-1-3-9-13)11-10-12-6-4-5-7-12/h1-6,8-11H/b11-10+. The lowest BCUT2D eigenvalue weighted by Gasteiger charge is -1.93. The molecular formula is C14H10O. The highest BCUT2D eigenvalue weighted by atomic mass is 16.1. The van der Waals surface area contributed by atoms with E-state index in [1.807, 2.05) is 36.4 Å². The highest BCUT2D eigenvalue weighted by molar-refractivity contribution is 6.04. The molecule has 0 atom stereocenters. The number of carbonyl (C=O) groups excluding carboxylic acids is 1. The first kappa shape index (κ1) is 9.45. The Labute approximate surface area is 88.7 Å². The van der Waals surface area contributed by atoms with Gasteiger partial charge >= 0.3 is 0 Å². The second-order valence-electron chi connectivity index (χ2n) is 3.19. The molecule has 0 saturated carbocycles. The zero-order chi connectivity index (χ0) is 10.5. The summed E-state index contributed by atoms with van der Waals surface area (Å²) in [5.41, 5.74) is 4.64. The van der Waals surface area contributed by atoms with Crippen LogP contribution in [0.15, 0.2) is 72.0 Å². The van der Waals surface area contributed by atoms with Gasteiger partial charge in [-0.3, -0.25) is 4.79 Å². The molecule has 1 nitrogen and oxygen atoms in total. The van der Waals surface area contributed by atoms with Gasteiger partial charge in [-0.15, -0.1) is 5.73 Å². The van der Waals surface area contributed by atoms with E-state index < -0.39 is 0 Å². The van der Waals surface area contributed by atoms with Crippen molar-refractivity contribution in [1.29, 1.82) is 0 Å². The second-order valence-corrected chi connectivity index (χ2v) is 3.19. The predicted octanol–water partition coefficient (Wildman–Crippen LogP) is 3.08. The fourth-order valence-electron chi connectivity index (χ4n) is 1.31. The van der Waals surface area contributed by atoms with Crippen LogP contribution in [0.2, 0.25) is 0 Å². The van der Waals surface area contributed by atoms with Crippen LogP contribution in [0.5, 0.6) is 0 Å². The van der Waals surface area contributed by atoms with Crippen LogP contribution in [-0.2, 0) is 0 Å². The van der Waals surface area contributed by atoms with Gasteiger partial charge in [-0.2, -0.15) is 0 Å². The zero-order valence-electron chi connectivity index (χ0n) is 8.18. The van der Waals surface area contributed by atoms with Crippen molar-refractivity contribution in [2.75, 3.05) is 0 Å². The summed E-state index contributed by atoms with van der Waals surface area (Å²) in [6.07, 6.45) is 8.98. The molecule has 2 rings (SSSR count). The van der Waals surface area contributed by atoms with Gasteiger partial charge in [-0.25, -0.2) is 0 Å². The Hall–Kier alpha value is -2.11. The number of carbonyl (C=O) groups is 1. The van der Waals surface area contributed by atoms with Crippen LogP contribution >= 0.6 is 0 Å². The van der Waals surface area contributed by atoms with Crippen LogP contribution in [0.25, 0.3) is 0 Å². The van der Waals surface area contributed by atoms with Gasteiger partial charge in [0.15, 0.2) is 5.78 Å². The molecule has 0 spiro atoms. The van der Waals surface area contributed by atoms with Crippen molar-refractivity contribution in [3.63, 3.8) is 0 Å². The summed E-state index contributed by atoms with van der Waals surface area (Å²) in [6.45, 7) is 0. The topological polar surface area (TPSA) is 17.1 Å². The fourth-order valence-corrected chi connectivity index (χ4v) is 1.31. The quantitative estimate of drug-likeness (QED) is 0.410.